The number of hydrogen-bond acceptors (Lipinski definition) is 2. The zero-order chi connectivity index (χ0) is 15.7. The molecule has 0 bridgehead atoms. The van der Waals surface area contributed by atoms with Gasteiger partial charge in [-0.25, -0.2) is 9.50 Å². The van der Waals surface area contributed by atoms with Crippen LogP contribution in [0.5, 0.6) is 0 Å². The average molecular weight is 301 g/mol. The summed E-state index contributed by atoms with van der Waals surface area (Å²) >= 11 is 0. The lowest BCUT2D eigenvalue weighted by Crippen LogP contribution is -2.13. The first-order valence-corrected chi connectivity index (χ1v) is 6.44. The van der Waals surface area contributed by atoms with Gasteiger partial charge in [0.15, 0.2) is 11.3 Å². The van der Waals surface area contributed by atoms with Gasteiger partial charge in [-0.2, -0.15) is 18.3 Å². The van der Waals surface area contributed by atoms with Gasteiger partial charge in [-0.05, 0) is 25.0 Å². The molecule has 0 aliphatic heterocycles. The Morgan fingerprint density at radius 2 is 1.77 bits per heavy atom. The molecule has 0 spiro atoms. The quantitative estimate of drug-likeness (QED) is 0.595. The van der Waals surface area contributed by atoms with Crippen molar-refractivity contribution in [2.75, 3.05) is 0 Å². The second-order valence-electron chi connectivity index (χ2n) is 4.74. The molecule has 110 valence electrons. The molecule has 3 nitrogen and oxygen atoms in total. The molecule has 0 aliphatic rings. The lowest BCUT2D eigenvalue weighted by Gasteiger charge is -2.08. The highest BCUT2D eigenvalue weighted by atomic mass is 19.4. The number of nitrogens with zero attached hydrogens (tertiary/aromatic N) is 3. The fourth-order valence-electron chi connectivity index (χ4n) is 1.95. The van der Waals surface area contributed by atoms with Crippen molar-refractivity contribution in [3.05, 3.63) is 65.1 Å². The Hall–Kier alpha value is -2.81. The maximum Gasteiger partial charge on any atom is 0.433 e. The van der Waals surface area contributed by atoms with E-state index in [2.05, 4.69) is 21.9 Å². The minimum Gasteiger partial charge on any atom is -0.220 e. The summed E-state index contributed by atoms with van der Waals surface area (Å²) in [5.74, 6) is 5.49. The maximum absolute atomic E-state index is 13.0. The molecule has 0 N–H and O–H groups in total. The summed E-state index contributed by atoms with van der Waals surface area (Å²) in [5, 5.41) is 3.64. The van der Waals surface area contributed by atoms with E-state index < -0.39 is 11.9 Å². The molecule has 1 aromatic carbocycles. The molecular weight excluding hydrogens is 291 g/mol. The van der Waals surface area contributed by atoms with Gasteiger partial charge < -0.3 is 0 Å². The lowest BCUT2D eigenvalue weighted by atomic mass is 10.1. The highest BCUT2D eigenvalue weighted by Gasteiger charge is 2.34. The van der Waals surface area contributed by atoms with Crippen LogP contribution in [0.2, 0.25) is 0 Å². The molecule has 0 saturated heterocycles. The smallest absolute Gasteiger partial charge is 0.220 e. The molecule has 6 heteroatoms. The molecule has 0 saturated carbocycles. The predicted molar refractivity (Wildman–Crippen MR) is 75.1 cm³/mol. The highest BCUT2D eigenvalue weighted by molar-refractivity contribution is 5.46. The van der Waals surface area contributed by atoms with Gasteiger partial charge in [-0.15, -0.1) is 0 Å². The molecule has 3 aromatic rings. The standard InChI is InChI=1S/C16H10F3N3/c1-11-2-4-12(5-3-11)6-7-13-10-14(16(17,18)19)22-15(21-13)8-9-20-22/h2-5,8-10H,1H3. The van der Waals surface area contributed by atoms with Gasteiger partial charge in [0.1, 0.15) is 5.69 Å². The van der Waals surface area contributed by atoms with Crippen LogP contribution in [0.15, 0.2) is 42.6 Å². The van der Waals surface area contributed by atoms with Crippen LogP contribution in [-0.4, -0.2) is 14.6 Å². The number of halogens is 3. The summed E-state index contributed by atoms with van der Waals surface area (Å²) in [7, 11) is 0. The van der Waals surface area contributed by atoms with Crippen LogP contribution in [-0.2, 0) is 6.18 Å². The third kappa shape index (κ3) is 2.79. The van der Waals surface area contributed by atoms with Crippen LogP contribution in [0.3, 0.4) is 0 Å². The summed E-state index contributed by atoms with van der Waals surface area (Å²) in [4.78, 5) is 4.07. The Morgan fingerprint density at radius 3 is 2.45 bits per heavy atom. The highest BCUT2D eigenvalue weighted by Crippen LogP contribution is 2.29. The van der Waals surface area contributed by atoms with Crippen molar-refractivity contribution >= 4 is 5.65 Å². The molecule has 22 heavy (non-hydrogen) atoms. The largest absolute Gasteiger partial charge is 0.433 e. The summed E-state index contributed by atoms with van der Waals surface area (Å²) in [5.41, 5.74) is 1.08. The first-order valence-electron chi connectivity index (χ1n) is 6.44. The summed E-state index contributed by atoms with van der Waals surface area (Å²) in [6.45, 7) is 1.95. The van der Waals surface area contributed by atoms with Crippen LogP contribution in [0.4, 0.5) is 13.2 Å². The SMILES string of the molecule is Cc1ccc(C#Cc2cc(C(F)(F)F)n3nccc3n2)cc1. The van der Waals surface area contributed by atoms with Crippen LogP contribution in [0.1, 0.15) is 22.5 Å². The molecule has 0 aliphatic carbocycles. The minimum absolute atomic E-state index is 0.0564. The van der Waals surface area contributed by atoms with Crippen LogP contribution in [0, 0.1) is 18.8 Å². The fraction of sp³-hybridized carbons (Fsp3) is 0.125. The van der Waals surface area contributed by atoms with E-state index in [0.717, 1.165) is 16.1 Å². The first-order chi connectivity index (χ1) is 10.4. The number of hydrogen-bond donors (Lipinski definition) is 0. The molecule has 2 aromatic heterocycles. The van der Waals surface area contributed by atoms with Gasteiger partial charge in [0, 0.05) is 17.7 Å². The lowest BCUT2D eigenvalue weighted by molar-refractivity contribution is -0.142. The van der Waals surface area contributed by atoms with Gasteiger partial charge in [0.25, 0.3) is 0 Å². The van der Waals surface area contributed by atoms with Gasteiger partial charge in [0.2, 0.25) is 0 Å². The predicted octanol–water partition coefficient (Wildman–Crippen LogP) is 3.46. The van der Waals surface area contributed by atoms with Crippen molar-refractivity contribution in [2.24, 2.45) is 0 Å². The Labute approximate surface area is 124 Å². The van der Waals surface area contributed by atoms with Crippen molar-refractivity contribution in [3.63, 3.8) is 0 Å². The first kappa shape index (κ1) is 14.1. The van der Waals surface area contributed by atoms with Crippen LogP contribution >= 0.6 is 0 Å². The summed E-state index contributed by atoms with van der Waals surface area (Å²) < 4.78 is 39.9. The minimum atomic E-state index is -4.52. The van der Waals surface area contributed by atoms with Gasteiger partial charge in [0.05, 0.1) is 6.20 Å². The van der Waals surface area contributed by atoms with Crippen molar-refractivity contribution in [1.29, 1.82) is 0 Å². The molecule has 0 atom stereocenters. The van der Waals surface area contributed by atoms with E-state index in [1.165, 1.54) is 12.3 Å². The molecular formula is C16H10F3N3. The third-order valence-electron chi connectivity index (χ3n) is 3.04. The number of rotatable bonds is 0. The normalized spacial score (nSPS) is 11.3. The Morgan fingerprint density at radius 1 is 1.05 bits per heavy atom. The van der Waals surface area contributed by atoms with E-state index in [-0.39, 0.29) is 11.3 Å². The second-order valence-corrected chi connectivity index (χ2v) is 4.74. The molecule has 0 radical (unpaired) electrons. The van der Waals surface area contributed by atoms with E-state index in [4.69, 9.17) is 0 Å². The van der Waals surface area contributed by atoms with Crippen molar-refractivity contribution in [1.82, 2.24) is 14.6 Å². The van der Waals surface area contributed by atoms with Crippen molar-refractivity contribution < 1.29 is 13.2 Å². The Bertz CT molecular complexity index is 881. The molecule has 0 amide bonds. The zero-order valence-electron chi connectivity index (χ0n) is 11.5. The number of alkyl halides is 3. The van der Waals surface area contributed by atoms with Crippen LogP contribution in [0.25, 0.3) is 5.65 Å². The van der Waals surface area contributed by atoms with Crippen LogP contribution < -0.4 is 0 Å². The van der Waals surface area contributed by atoms with Gasteiger partial charge in [-0.3, -0.25) is 0 Å². The zero-order valence-corrected chi connectivity index (χ0v) is 11.5. The van der Waals surface area contributed by atoms with E-state index in [0.29, 0.717) is 5.56 Å². The monoisotopic (exact) mass is 301 g/mol. The van der Waals surface area contributed by atoms with Crippen molar-refractivity contribution in [3.8, 4) is 11.8 Å². The summed E-state index contributed by atoms with van der Waals surface area (Å²) in [6, 6.07) is 9.71. The second kappa shape index (κ2) is 5.19. The number of benzene rings is 1. The summed E-state index contributed by atoms with van der Waals surface area (Å²) in [6.07, 6.45) is -3.25. The fourth-order valence-corrected chi connectivity index (χ4v) is 1.95. The number of fused-ring (bicyclic) bond motifs is 1. The molecule has 0 fully saturated rings. The van der Waals surface area contributed by atoms with E-state index in [1.54, 1.807) is 0 Å². The Balaban J connectivity index is 2.07. The van der Waals surface area contributed by atoms with Crippen molar-refractivity contribution in [2.45, 2.75) is 13.1 Å². The molecule has 3 rings (SSSR count). The number of aromatic nitrogens is 3. The van der Waals surface area contributed by atoms with Gasteiger partial charge in [-0.1, -0.05) is 23.6 Å². The van der Waals surface area contributed by atoms with Gasteiger partial charge >= 0.3 is 6.18 Å². The van der Waals surface area contributed by atoms with E-state index >= 15 is 0 Å². The number of aryl methyl sites for hydroxylation is 1. The van der Waals surface area contributed by atoms with E-state index in [1.807, 2.05) is 31.2 Å². The average Bonchev–Trinajstić information content (AvgIpc) is 2.93. The van der Waals surface area contributed by atoms with E-state index in [9.17, 15) is 13.2 Å². The maximum atomic E-state index is 13.0. The molecule has 0 unspecified atom stereocenters. The third-order valence-corrected chi connectivity index (χ3v) is 3.04. The molecule has 2 heterocycles. The Kier molecular flexibility index (Phi) is 3.33. The topological polar surface area (TPSA) is 30.2 Å².